The second-order valence-corrected chi connectivity index (χ2v) is 7.09. The molecule has 152 valence electrons. The molecule has 7 heteroatoms. The van der Waals surface area contributed by atoms with Gasteiger partial charge in [-0.25, -0.2) is 0 Å². The SMILES string of the molecule is CCCN(CC(=O)N(CCOC)Cc1cccn1C)C(=O)c1ccc(Cl)cc1. The van der Waals surface area contributed by atoms with Crippen LogP contribution in [0.15, 0.2) is 42.6 Å². The Hall–Kier alpha value is -2.31. The zero-order valence-electron chi connectivity index (χ0n) is 16.7. The van der Waals surface area contributed by atoms with E-state index in [-0.39, 0.29) is 18.4 Å². The zero-order chi connectivity index (χ0) is 20.5. The zero-order valence-corrected chi connectivity index (χ0v) is 17.5. The predicted octanol–water partition coefficient (Wildman–Crippen LogP) is 3.21. The number of benzene rings is 1. The molecule has 0 unspecified atom stereocenters. The number of halogens is 1. The largest absolute Gasteiger partial charge is 0.383 e. The molecule has 0 aliphatic rings. The van der Waals surface area contributed by atoms with Crippen molar-refractivity contribution in [3.63, 3.8) is 0 Å². The summed E-state index contributed by atoms with van der Waals surface area (Å²) in [5.74, 6) is -0.272. The predicted molar refractivity (Wildman–Crippen MR) is 110 cm³/mol. The average molecular weight is 406 g/mol. The highest BCUT2D eigenvalue weighted by atomic mass is 35.5. The molecule has 1 heterocycles. The monoisotopic (exact) mass is 405 g/mol. The van der Waals surface area contributed by atoms with Crippen LogP contribution in [-0.4, -0.2) is 59.5 Å². The summed E-state index contributed by atoms with van der Waals surface area (Å²) in [4.78, 5) is 29.2. The van der Waals surface area contributed by atoms with Crippen molar-refractivity contribution in [2.45, 2.75) is 19.9 Å². The van der Waals surface area contributed by atoms with Crippen LogP contribution in [0.4, 0.5) is 0 Å². The smallest absolute Gasteiger partial charge is 0.254 e. The Labute approximate surface area is 171 Å². The first-order chi connectivity index (χ1) is 13.5. The molecule has 2 rings (SSSR count). The summed E-state index contributed by atoms with van der Waals surface area (Å²) in [5.41, 5.74) is 1.55. The van der Waals surface area contributed by atoms with Gasteiger partial charge in [0.1, 0.15) is 6.54 Å². The summed E-state index contributed by atoms with van der Waals surface area (Å²) < 4.78 is 7.14. The number of nitrogens with zero attached hydrogens (tertiary/aromatic N) is 3. The fraction of sp³-hybridized carbons (Fsp3) is 0.429. The van der Waals surface area contributed by atoms with E-state index in [0.29, 0.717) is 36.8 Å². The van der Waals surface area contributed by atoms with Crippen molar-refractivity contribution in [2.75, 3.05) is 33.4 Å². The minimum Gasteiger partial charge on any atom is -0.383 e. The van der Waals surface area contributed by atoms with Gasteiger partial charge < -0.3 is 19.1 Å². The molecule has 0 aliphatic heterocycles. The van der Waals surface area contributed by atoms with E-state index >= 15 is 0 Å². The molecule has 28 heavy (non-hydrogen) atoms. The van der Waals surface area contributed by atoms with E-state index in [2.05, 4.69) is 0 Å². The molecule has 0 radical (unpaired) electrons. The van der Waals surface area contributed by atoms with Gasteiger partial charge in [0.05, 0.1) is 13.2 Å². The first-order valence-corrected chi connectivity index (χ1v) is 9.75. The van der Waals surface area contributed by atoms with Crippen molar-refractivity contribution >= 4 is 23.4 Å². The normalized spacial score (nSPS) is 10.7. The standard InChI is InChI=1S/C21H28ClN3O3/c1-4-11-25(21(27)17-7-9-18(22)10-8-17)16-20(26)24(13-14-28-3)15-19-6-5-12-23(19)2/h5-10,12H,4,11,13-16H2,1-3H3. The van der Waals surface area contributed by atoms with Crippen molar-refractivity contribution < 1.29 is 14.3 Å². The van der Waals surface area contributed by atoms with Crippen molar-refractivity contribution in [3.05, 3.63) is 58.9 Å². The van der Waals surface area contributed by atoms with E-state index in [4.69, 9.17) is 16.3 Å². The summed E-state index contributed by atoms with van der Waals surface area (Å²) in [6.07, 6.45) is 2.71. The van der Waals surface area contributed by atoms with E-state index in [1.165, 1.54) is 0 Å². The molecular formula is C21H28ClN3O3. The van der Waals surface area contributed by atoms with Gasteiger partial charge >= 0.3 is 0 Å². The number of hydrogen-bond acceptors (Lipinski definition) is 3. The number of amides is 2. The Kier molecular flexibility index (Phi) is 8.54. The van der Waals surface area contributed by atoms with E-state index in [0.717, 1.165) is 12.1 Å². The fourth-order valence-corrected chi connectivity index (χ4v) is 3.04. The van der Waals surface area contributed by atoms with Crippen molar-refractivity contribution in [1.82, 2.24) is 14.4 Å². The highest BCUT2D eigenvalue weighted by Crippen LogP contribution is 2.13. The summed E-state index contributed by atoms with van der Waals surface area (Å²) >= 11 is 5.91. The molecule has 0 bridgehead atoms. The number of aromatic nitrogens is 1. The molecule has 0 N–H and O–H groups in total. The number of aryl methyl sites for hydroxylation is 1. The molecule has 1 aromatic carbocycles. The van der Waals surface area contributed by atoms with Crippen LogP contribution in [0.5, 0.6) is 0 Å². The molecule has 1 aromatic heterocycles. The Morgan fingerprint density at radius 1 is 1.11 bits per heavy atom. The third-order valence-electron chi connectivity index (χ3n) is 4.52. The van der Waals surface area contributed by atoms with E-state index < -0.39 is 0 Å². The molecule has 0 saturated heterocycles. The van der Waals surface area contributed by atoms with Crippen LogP contribution in [0, 0.1) is 0 Å². The lowest BCUT2D eigenvalue weighted by atomic mass is 10.2. The Morgan fingerprint density at radius 3 is 2.39 bits per heavy atom. The number of carbonyl (C=O) groups excluding carboxylic acids is 2. The first-order valence-electron chi connectivity index (χ1n) is 9.38. The van der Waals surface area contributed by atoms with Gasteiger partial charge in [-0.3, -0.25) is 9.59 Å². The lowest BCUT2D eigenvalue weighted by Crippen LogP contribution is -2.44. The van der Waals surface area contributed by atoms with Gasteiger partial charge in [-0.2, -0.15) is 0 Å². The fourth-order valence-electron chi connectivity index (χ4n) is 2.91. The number of rotatable bonds is 10. The third-order valence-corrected chi connectivity index (χ3v) is 4.77. The molecule has 6 nitrogen and oxygen atoms in total. The lowest BCUT2D eigenvalue weighted by Gasteiger charge is -2.27. The summed E-state index contributed by atoms with van der Waals surface area (Å²) in [6, 6.07) is 10.7. The third kappa shape index (κ3) is 6.11. The lowest BCUT2D eigenvalue weighted by molar-refractivity contribution is -0.133. The van der Waals surface area contributed by atoms with Crippen LogP contribution in [0.25, 0.3) is 0 Å². The first kappa shape index (κ1) is 22.0. The van der Waals surface area contributed by atoms with Gasteiger partial charge in [-0.05, 0) is 42.8 Å². The average Bonchev–Trinajstić information content (AvgIpc) is 3.09. The number of hydrogen-bond donors (Lipinski definition) is 0. The molecular weight excluding hydrogens is 378 g/mol. The van der Waals surface area contributed by atoms with Crippen LogP contribution in [-0.2, 0) is 23.1 Å². The highest BCUT2D eigenvalue weighted by Gasteiger charge is 2.22. The highest BCUT2D eigenvalue weighted by molar-refractivity contribution is 6.30. The maximum absolute atomic E-state index is 13.0. The van der Waals surface area contributed by atoms with Gasteiger partial charge in [0.25, 0.3) is 5.91 Å². The minimum absolute atomic E-state index is 0.0312. The van der Waals surface area contributed by atoms with E-state index in [9.17, 15) is 9.59 Å². The van der Waals surface area contributed by atoms with Crippen molar-refractivity contribution in [1.29, 1.82) is 0 Å². The van der Waals surface area contributed by atoms with E-state index in [1.54, 1.807) is 41.2 Å². The van der Waals surface area contributed by atoms with E-state index in [1.807, 2.05) is 36.9 Å². The molecule has 0 atom stereocenters. The van der Waals surface area contributed by atoms with Crippen molar-refractivity contribution in [3.8, 4) is 0 Å². The summed E-state index contributed by atoms with van der Waals surface area (Å²) in [5, 5.41) is 0.572. The molecule has 2 amide bonds. The van der Waals surface area contributed by atoms with Gasteiger partial charge in [0.2, 0.25) is 5.91 Å². The molecule has 0 aliphatic carbocycles. The van der Waals surface area contributed by atoms with Gasteiger partial charge in [-0.15, -0.1) is 0 Å². The number of methoxy groups -OCH3 is 1. The minimum atomic E-state index is -0.169. The number of carbonyl (C=O) groups is 2. The molecule has 0 fully saturated rings. The van der Waals surface area contributed by atoms with Crippen LogP contribution < -0.4 is 0 Å². The summed E-state index contributed by atoms with van der Waals surface area (Å²) in [6.45, 7) is 3.91. The molecule has 2 aromatic rings. The quantitative estimate of drug-likeness (QED) is 0.610. The topological polar surface area (TPSA) is 54.8 Å². The second kappa shape index (κ2) is 10.9. The molecule has 0 saturated carbocycles. The molecule has 0 spiro atoms. The van der Waals surface area contributed by atoms with Crippen molar-refractivity contribution in [2.24, 2.45) is 7.05 Å². The van der Waals surface area contributed by atoms with Crippen LogP contribution in [0.3, 0.4) is 0 Å². The van der Waals surface area contributed by atoms with Crippen LogP contribution in [0.2, 0.25) is 5.02 Å². The summed E-state index contributed by atoms with van der Waals surface area (Å²) in [7, 11) is 3.56. The maximum atomic E-state index is 13.0. The Morgan fingerprint density at radius 2 is 1.82 bits per heavy atom. The Bertz CT molecular complexity index is 773. The van der Waals surface area contributed by atoms with Gasteiger partial charge in [-0.1, -0.05) is 18.5 Å². The maximum Gasteiger partial charge on any atom is 0.254 e. The Balaban J connectivity index is 2.12. The van der Waals surface area contributed by atoms with Gasteiger partial charge in [0, 0.05) is 49.7 Å². The van der Waals surface area contributed by atoms with Crippen LogP contribution >= 0.6 is 11.6 Å². The van der Waals surface area contributed by atoms with Gasteiger partial charge in [0.15, 0.2) is 0 Å². The number of ether oxygens (including phenoxy) is 1. The van der Waals surface area contributed by atoms with Crippen LogP contribution in [0.1, 0.15) is 29.4 Å². The second-order valence-electron chi connectivity index (χ2n) is 6.65.